The third kappa shape index (κ3) is 12.3. The maximum atomic E-state index is 14.0. The van der Waals surface area contributed by atoms with Crippen molar-refractivity contribution >= 4 is 129 Å². The van der Waals surface area contributed by atoms with Crippen LogP contribution in [-0.2, 0) is 30.4 Å². The van der Waals surface area contributed by atoms with Crippen LogP contribution in [0.4, 0.5) is 46.4 Å². The number of hydrogen-bond acceptors (Lipinski definition) is 21. The summed E-state index contributed by atoms with van der Waals surface area (Å²) in [6.07, 6.45) is 0.590. The Balaban J connectivity index is 0.00000320. The van der Waals surface area contributed by atoms with E-state index in [9.17, 15) is 43.7 Å². The summed E-state index contributed by atoms with van der Waals surface area (Å²) in [7, 11) is -14.5. The second kappa shape index (κ2) is 20.7. The van der Waals surface area contributed by atoms with Crippen LogP contribution in [0.2, 0.25) is 15.5 Å². The monoisotopic (exact) mass is 963 g/mol. The summed E-state index contributed by atoms with van der Waals surface area (Å²) in [5.74, 6) is -1.80. The van der Waals surface area contributed by atoms with E-state index in [4.69, 9.17) is 34.8 Å². The molecule has 2 aromatic heterocycles. The number of fused-ring (bicyclic) bond motifs is 1. The first-order valence-corrected chi connectivity index (χ1v) is 20.6. The number of nitrogens with zero attached hydrogens (tertiary/aromatic N) is 6. The zero-order valence-corrected chi connectivity index (χ0v) is 41.7. The van der Waals surface area contributed by atoms with Crippen molar-refractivity contribution in [1.29, 1.82) is 0 Å². The van der Waals surface area contributed by atoms with Crippen LogP contribution in [0.25, 0.3) is 6.08 Å². The molecule has 3 aromatic carbocycles. The topological polar surface area (TPSA) is 326 Å². The fraction of sp³-hybridized carbons (Fsp3) is 0.0333. The van der Waals surface area contributed by atoms with Crippen molar-refractivity contribution < 1.29 is 132 Å². The first kappa shape index (κ1) is 51.8. The number of aromatic nitrogens is 5. The van der Waals surface area contributed by atoms with Gasteiger partial charge in [0.2, 0.25) is 28.9 Å². The number of allylic oxidation sites excluding steroid dienone is 1. The zero-order valence-electron chi connectivity index (χ0n) is 31.0. The van der Waals surface area contributed by atoms with Gasteiger partial charge in [-0.15, -0.1) is 0 Å². The maximum Gasteiger partial charge on any atom is 1.00 e. The van der Waals surface area contributed by atoms with Crippen molar-refractivity contribution in [3.8, 4) is 0 Å². The van der Waals surface area contributed by atoms with Crippen molar-refractivity contribution in [1.82, 2.24) is 24.9 Å². The molecule has 21 nitrogen and oxygen atoms in total. The quantitative estimate of drug-likeness (QED) is 0.0258. The Morgan fingerprint density at radius 1 is 0.667 bits per heavy atom. The third-order valence-corrected chi connectivity index (χ3v) is 10.8. The molecule has 0 saturated carbocycles. The molecule has 0 atom stereocenters. The molecule has 296 valence electrons. The minimum Gasteiger partial charge on any atom is -0.744 e. The molecule has 1 aliphatic carbocycles. The van der Waals surface area contributed by atoms with Gasteiger partial charge in [-0.25, -0.2) is 30.2 Å². The predicted molar refractivity (Wildman–Crippen MR) is 205 cm³/mol. The van der Waals surface area contributed by atoms with Crippen LogP contribution >= 0.6 is 34.8 Å². The Morgan fingerprint density at radius 2 is 1.28 bits per heavy atom. The fourth-order valence-corrected chi connectivity index (χ4v) is 7.34. The van der Waals surface area contributed by atoms with Gasteiger partial charge < -0.3 is 34.9 Å². The van der Waals surface area contributed by atoms with Crippen LogP contribution < -0.4 is 115 Å². The Kier molecular flexibility index (Phi) is 17.9. The summed E-state index contributed by atoms with van der Waals surface area (Å²) < 4.78 is 109. The van der Waals surface area contributed by atoms with Crippen LogP contribution in [0.3, 0.4) is 0 Å². The zero-order chi connectivity index (χ0) is 41.4. The normalized spacial score (nSPS) is 13.1. The largest absolute Gasteiger partial charge is 1.00 e. The van der Waals surface area contributed by atoms with Gasteiger partial charge in [0.25, 0.3) is 0 Å². The van der Waals surface area contributed by atoms with E-state index in [0.29, 0.717) is 23.5 Å². The number of carbonyl (C=O) groups is 1. The number of nitrogens with one attached hydrogen (secondary N) is 5. The summed E-state index contributed by atoms with van der Waals surface area (Å²) in [5, 5.41) is 14.6. The molecule has 30 heteroatoms. The first-order valence-electron chi connectivity index (χ1n) is 15.2. The number of anilines is 8. The predicted octanol–water partition coefficient (Wildman–Crippen LogP) is -4.73. The number of ketones is 1. The van der Waals surface area contributed by atoms with E-state index in [0.717, 1.165) is 18.2 Å². The molecular formula is C30H19Cl3N11Na3O10S3. The van der Waals surface area contributed by atoms with Gasteiger partial charge in [-0.3, -0.25) is 10.2 Å². The fourth-order valence-electron chi connectivity index (χ4n) is 5.01. The molecule has 0 aliphatic heterocycles. The van der Waals surface area contributed by atoms with E-state index in [1.54, 1.807) is 24.3 Å². The van der Waals surface area contributed by atoms with Gasteiger partial charge in [0, 0.05) is 18.4 Å². The van der Waals surface area contributed by atoms with Crippen molar-refractivity contribution in [3.63, 3.8) is 0 Å². The van der Waals surface area contributed by atoms with Gasteiger partial charge in [0.15, 0.2) is 11.0 Å². The van der Waals surface area contributed by atoms with E-state index in [1.807, 2.05) is 0 Å². The molecule has 60 heavy (non-hydrogen) atoms. The molecule has 1 aliphatic rings. The number of carbonyl (C=O) groups excluding carboxylic acids is 1. The number of rotatable bonds is 12. The first-order chi connectivity index (χ1) is 26.7. The summed E-state index contributed by atoms with van der Waals surface area (Å²) >= 11 is 18.1. The Morgan fingerprint density at radius 3 is 1.90 bits per heavy atom. The summed E-state index contributed by atoms with van der Waals surface area (Å²) in [4.78, 5) is 31.4. The molecule has 6 rings (SSSR count). The van der Waals surface area contributed by atoms with Crippen LogP contribution in [0, 0.1) is 0 Å². The molecule has 0 bridgehead atoms. The van der Waals surface area contributed by atoms with Crippen LogP contribution in [-0.4, -0.2) is 82.4 Å². The van der Waals surface area contributed by atoms with E-state index >= 15 is 0 Å². The van der Waals surface area contributed by atoms with Gasteiger partial charge in [0.1, 0.15) is 41.1 Å². The molecule has 0 amide bonds. The molecule has 0 unspecified atom stereocenters. The van der Waals surface area contributed by atoms with Crippen molar-refractivity contribution in [3.05, 3.63) is 92.2 Å². The molecule has 5 N–H and O–H groups in total. The van der Waals surface area contributed by atoms with Gasteiger partial charge in [-0.2, -0.15) is 25.0 Å². The SMILES string of the molecule is CNc1nc(Nc2cccc(Nc3nc(Cl)nc(Cl)c3Cl)c2)nc(Nc2cc(S(=O)(=O)[O-])cc3c2C(=O)/C(=N\Nc2ccccc2S(=O)(=O)[O-])C(S(=O)(=O)[O-])=C3)n1.[Na+].[Na+].[Na+]. The number of hydrogen-bond donors (Lipinski definition) is 5. The van der Waals surface area contributed by atoms with Gasteiger partial charge in [-0.1, -0.05) is 41.4 Å². The summed E-state index contributed by atoms with van der Waals surface area (Å²) in [6, 6.07) is 12.4. The van der Waals surface area contributed by atoms with Crippen molar-refractivity contribution in [2.24, 2.45) is 5.10 Å². The number of para-hydroxylation sites is 1. The number of halogens is 3. The number of benzene rings is 3. The van der Waals surface area contributed by atoms with E-state index < -0.39 is 79.0 Å². The smallest absolute Gasteiger partial charge is 0.744 e. The Hall–Kier alpha value is -2.57. The molecule has 0 spiro atoms. The Bertz CT molecular complexity index is 2920. The van der Waals surface area contributed by atoms with Crippen LogP contribution in [0.1, 0.15) is 15.9 Å². The number of hydrazone groups is 1. The van der Waals surface area contributed by atoms with Crippen molar-refractivity contribution in [2.75, 3.05) is 33.7 Å². The Labute approximate surface area is 422 Å². The summed E-state index contributed by atoms with van der Waals surface area (Å²) in [5.41, 5.74) is -0.155. The second-order valence-corrected chi connectivity index (χ2v) is 16.3. The van der Waals surface area contributed by atoms with E-state index in [-0.39, 0.29) is 128 Å². The molecule has 5 aromatic rings. The molecule has 0 radical (unpaired) electrons. The van der Waals surface area contributed by atoms with Crippen LogP contribution in [0.15, 0.2) is 80.5 Å². The summed E-state index contributed by atoms with van der Waals surface area (Å²) in [6.45, 7) is 0. The molecule has 2 heterocycles. The van der Waals surface area contributed by atoms with Gasteiger partial charge >= 0.3 is 88.7 Å². The van der Waals surface area contributed by atoms with Gasteiger partial charge in [0.05, 0.1) is 31.6 Å². The number of Topliss-reactive ketones (excluding diaryl/α,β-unsaturated/α-hetero) is 1. The third-order valence-electron chi connectivity index (χ3n) is 7.38. The van der Waals surface area contributed by atoms with Crippen LogP contribution in [0.5, 0.6) is 0 Å². The minimum absolute atomic E-state index is 0. The van der Waals surface area contributed by atoms with E-state index in [2.05, 4.69) is 56.7 Å². The molecular weight excluding hydrogens is 946 g/mol. The minimum atomic E-state index is -5.57. The standard InChI is InChI=1S/C30H22Cl3N11O10S3.3Na/c1-34-28-40-29(36-15-6-4-5-14(11-15)35-26-22(31)25(32)38-27(33)39-26)42-30(41-28)37-18-12-16(55(46,47)48)9-13-10-20(57(52,53)54)23(24(45)21(13)18)44-43-17-7-2-3-8-19(17)56(49,50)51;;;/h2-12,43H,1H3,(H,35,38,39)(H,46,47,48)(H,49,50,51)(H,52,53,54)(H3,34,36,37,40,41,42);;;/q;3*+1/p-3/b44-23-;;;. The average molecular weight is 965 g/mol. The van der Waals surface area contributed by atoms with Gasteiger partial charge in [-0.05, 0) is 65.7 Å². The van der Waals surface area contributed by atoms with Crippen molar-refractivity contribution in [2.45, 2.75) is 9.79 Å². The maximum absolute atomic E-state index is 14.0. The van der Waals surface area contributed by atoms with E-state index in [1.165, 1.54) is 19.2 Å². The molecule has 0 saturated heterocycles. The molecule has 0 fully saturated rings. The second-order valence-electron chi connectivity index (χ2n) is 11.2. The average Bonchev–Trinajstić information content (AvgIpc) is 3.12.